The molecule has 15 heavy (non-hydrogen) atoms. The minimum absolute atomic E-state index is 0.478. The molecule has 1 rings (SSSR count). The molecule has 2 unspecified atom stereocenters. The topological polar surface area (TPSA) is 12.0 Å². The van der Waals surface area contributed by atoms with Gasteiger partial charge in [-0.05, 0) is 44.3 Å². The van der Waals surface area contributed by atoms with Crippen LogP contribution >= 0.6 is 11.8 Å². The molecule has 1 aliphatic carbocycles. The van der Waals surface area contributed by atoms with E-state index in [1.54, 1.807) is 0 Å². The highest BCUT2D eigenvalue weighted by atomic mass is 32.2. The molecule has 1 N–H and O–H groups in total. The van der Waals surface area contributed by atoms with E-state index < -0.39 is 0 Å². The Balaban J connectivity index is 2.33. The molecule has 1 nitrogen and oxygen atoms in total. The minimum Gasteiger partial charge on any atom is -0.313 e. The van der Waals surface area contributed by atoms with Gasteiger partial charge >= 0.3 is 0 Å². The summed E-state index contributed by atoms with van der Waals surface area (Å²) in [6.45, 7) is 8.21. The summed E-state index contributed by atoms with van der Waals surface area (Å²) >= 11 is 2.04. The Hall–Kier alpha value is 0.310. The van der Waals surface area contributed by atoms with E-state index in [1.165, 1.54) is 38.6 Å². The van der Waals surface area contributed by atoms with E-state index in [-0.39, 0.29) is 0 Å². The van der Waals surface area contributed by atoms with Gasteiger partial charge in [-0.3, -0.25) is 0 Å². The van der Waals surface area contributed by atoms with Crippen LogP contribution in [0.15, 0.2) is 0 Å². The highest BCUT2D eigenvalue weighted by Crippen LogP contribution is 2.31. The average Bonchev–Trinajstić information content (AvgIpc) is 2.67. The van der Waals surface area contributed by atoms with Gasteiger partial charge in [-0.1, -0.05) is 20.8 Å². The Kier molecular flexibility index (Phi) is 5.48. The maximum atomic E-state index is 3.78. The number of thioether (sulfide) groups is 1. The van der Waals surface area contributed by atoms with Gasteiger partial charge in [0.2, 0.25) is 0 Å². The third kappa shape index (κ3) is 3.67. The van der Waals surface area contributed by atoms with Gasteiger partial charge in [-0.15, -0.1) is 0 Å². The molecule has 2 heteroatoms. The molecule has 2 atom stereocenters. The summed E-state index contributed by atoms with van der Waals surface area (Å²) in [5, 5.41) is 3.78. The Morgan fingerprint density at radius 3 is 2.33 bits per heavy atom. The van der Waals surface area contributed by atoms with Crippen molar-refractivity contribution in [3.63, 3.8) is 0 Å². The number of rotatable bonds is 6. The molecule has 0 aromatic carbocycles. The SMILES string of the molecule is CCC(CC)(CNC1CCC(C)C1)SC. The second-order valence-corrected chi connectivity index (χ2v) is 6.36. The van der Waals surface area contributed by atoms with E-state index in [2.05, 4.69) is 32.3 Å². The van der Waals surface area contributed by atoms with Crippen molar-refractivity contribution < 1.29 is 0 Å². The monoisotopic (exact) mass is 229 g/mol. The van der Waals surface area contributed by atoms with Crippen LogP contribution < -0.4 is 5.32 Å². The van der Waals surface area contributed by atoms with Gasteiger partial charge in [-0.25, -0.2) is 0 Å². The highest BCUT2D eigenvalue weighted by molar-refractivity contribution is 8.00. The lowest BCUT2D eigenvalue weighted by Crippen LogP contribution is -2.40. The molecule has 0 saturated heterocycles. The lowest BCUT2D eigenvalue weighted by molar-refractivity contribution is 0.434. The molecule has 1 aliphatic rings. The van der Waals surface area contributed by atoms with Gasteiger partial charge in [0.05, 0.1) is 0 Å². The summed E-state index contributed by atoms with van der Waals surface area (Å²) in [6.07, 6.45) is 9.00. The van der Waals surface area contributed by atoms with E-state index in [0.717, 1.165) is 12.0 Å². The first-order chi connectivity index (χ1) is 7.15. The van der Waals surface area contributed by atoms with Crippen LogP contribution in [0.2, 0.25) is 0 Å². The van der Waals surface area contributed by atoms with Crippen molar-refractivity contribution in [3.05, 3.63) is 0 Å². The van der Waals surface area contributed by atoms with Crippen LogP contribution in [0.3, 0.4) is 0 Å². The molecule has 0 amide bonds. The Morgan fingerprint density at radius 2 is 1.93 bits per heavy atom. The number of nitrogens with one attached hydrogen (secondary N) is 1. The molecular weight excluding hydrogens is 202 g/mol. The minimum atomic E-state index is 0.478. The predicted octanol–water partition coefficient (Wildman–Crippen LogP) is 3.69. The van der Waals surface area contributed by atoms with Gasteiger partial charge < -0.3 is 5.32 Å². The first-order valence-corrected chi connectivity index (χ1v) is 7.66. The van der Waals surface area contributed by atoms with E-state index in [0.29, 0.717) is 4.75 Å². The Morgan fingerprint density at radius 1 is 1.27 bits per heavy atom. The van der Waals surface area contributed by atoms with E-state index in [4.69, 9.17) is 0 Å². The van der Waals surface area contributed by atoms with Crippen molar-refractivity contribution >= 4 is 11.8 Å². The standard InChI is InChI=1S/C13H27NS/c1-5-13(6-2,15-4)10-14-12-8-7-11(3)9-12/h11-12,14H,5-10H2,1-4H3. The molecule has 0 heterocycles. The fourth-order valence-electron chi connectivity index (χ4n) is 2.58. The van der Waals surface area contributed by atoms with Crippen molar-refractivity contribution in [2.45, 2.75) is 63.7 Å². The van der Waals surface area contributed by atoms with Crippen molar-refractivity contribution in [1.82, 2.24) is 5.32 Å². The third-order valence-electron chi connectivity index (χ3n) is 4.13. The quantitative estimate of drug-likeness (QED) is 0.745. The summed E-state index contributed by atoms with van der Waals surface area (Å²) in [4.78, 5) is 0. The van der Waals surface area contributed by atoms with Gasteiger partial charge in [0.15, 0.2) is 0 Å². The Bertz CT molecular complexity index is 169. The van der Waals surface area contributed by atoms with Crippen LogP contribution in [0.5, 0.6) is 0 Å². The molecule has 0 bridgehead atoms. The summed E-state index contributed by atoms with van der Waals surface area (Å²) in [5.41, 5.74) is 0. The van der Waals surface area contributed by atoms with Crippen LogP contribution in [0.4, 0.5) is 0 Å². The van der Waals surface area contributed by atoms with E-state index in [9.17, 15) is 0 Å². The summed E-state index contributed by atoms with van der Waals surface area (Å²) in [6, 6.07) is 0.796. The second kappa shape index (κ2) is 6.15. The van der Waals surface area contributed by atoms with E-state index in [1.807, 2.05) is 11.8 Å². The van der Waals surface area contributed by atoms with Crippen molar-refractivity contribution in [1.29, 1.82) is 0 Å². The normalized spacial score (nSPS) is 27.2. The second-order valence-electron chi connectivity index (χ2n) is 5.09. The van der Waals surface area contributed by atoms with Crippen molar-refractivity contribution in [2.75, 3.05) is 12.8 Å². The molecule has 0 spiro atoms. The zero-order chi connectivity index (χ0) is 11.3. The first-order valence-electron chi connectivity index (χ1n) is 6.44. The Labute approximate surface area is 99.8 Å². The fourth-order valence-corrected chi connectivity index (χ4v) is 3.39. The van der Waals surface area contributed by atoms with E-state index >= 15 is 0 Å². The molecule has 0 aliphatic heterocycles. The summed E-state index contributed by atoms with van der Waals surface area (Å²) < 4.78 is 0.478. The molecule has 0 radical (unpaired) electrons. The van der Waals surface area contributed by atoms with Crippen LogP contribution in [-0.2, 0) is 0 Å². The fraction of sp³-hybridized carbons (Fsp3) is 1.00. The number of hydrogen-bond acceptors (Lipinski definition) is 2. The average molecular weight is 229 g/mol. The van der Waals surface area contributed by atoms with Crippen LogP contribution in [0, 0.1) is 5.92 Å². The lowest BCUT2D eigenvalue weighted by atomic mass is 10.0. The molecule has 90 valence electrons. The zero-order valence-electron chi connectivity index (χ0n) is 10.8. The maximum Gasteiger partial charge on any atom is 0.0276 e. The highest BCUT2D eigenvalue weighted by Gasteiger charge is 2.27. The summed E-state index contributed by atoms with van der Waals surface area (Å²) in [5.74, 6) is 0.939. The van der Waals surface area contributed by atoms with Gasteiger partial charge in [0, 0.05) is 17.3 Å². The summed E-state index contributed by atoms with van der Waals surface area (Å²) in [7, 11) is 0. The maximum absolute atomic E-state index is 3.78. The smallest absolute Gasteiger partial charge is 0.0276 e. The van der Waals surface area contributed by atoms with Crippen LogP contribution in [-0.4, -0.2) is 23.6 Å². The molecule has 1 fully saturated rings. The molecular formula is C13H27NS. The lowest BCUT2D eigenvalue weighted by Gasteiger charge is -2.31. The molecule has 1 saturated carbocycles. The zero-order valence-corrected chi connectivity index (χ0v) is 11.6. The van der Waals surface area contributed by atoms with Crippen molar-refractivity contribution in [3.8, 4) is 0 Å². The third-order valence-corrected chi connectivity index (χ3v) is 5.72. The van der Waals surface area contributed by atoms with Gasteiger partial charge in [-0.2, -0.15) is 11.8 Å². The molecule has 0 aromatic rings. The first kappa shape index (κ1) is 13.4. The largest absolute Gasteiger partial charge is 0.313 e. The van der Waals surface area contributed by atoms with Crippen molar-refractivity contribution in [2.24, 2.45) is 5.92 Å². The van der Waals surface area contributed by atoms with Crippen LogP contribution in [0.1, 0.15) is 52.9 Å². The van der Waals surface area contributed by atoms with Gasteiger partial charge in [0.25, 0.3) is 0 Å². The number of hydrogen-bond donors (Lipinski definition) is 1. The van der Waals surface area contributed by atoms with Crippen LogP contribution in [0.25, 0.3) is 0 Å². The molecule has 0 aromatic heterocycles. The predicted molar refractivity (Wildman–Crippen MR) is 71.6 cm³/mol. The van der Waals surface area contributed by atoms with Gasteiger partial charge in [0.1, 0.15) is 0 Å².